The third kappa shape index (κ3) is 2.99. The summed E-state index contributed by atoms with van der Waals surface area (Å²) in [5.74, 6) is -0.944. The number of carbonyl (C=O) groups excluding carboxylic acids is 1. The summed E-state index contributed by atoms with van der Waals surface area (Å²) in [5, 5.41) is 0. The first-order chi connectivity index (χ1) is 7.77. The molecule has 94 valence electrons. The third-order valence-corrected chi connectivity index (χ3v) is 2.31. The second-order valence-electron chi connectivity index (χ2n) is 3.93. The zero-order valence-corrected chi connectivity index (χ0v) is 9.76. The molecule has 0 radical (unpaired) electrons. The zero-order chi connectivity index (χ0) is 13.2. The number of carbonyl (C=O) groups is 1. The molecule has 0 aliphatic carbocycles. The van der Waals surface area contributed by atoms with Gasteiger partial charge in [-0.25, -0.2) is 0 Å². The van der Waals surface area contributed by atoms with Gasteiger partial charge in [0.1, 0.15) is 5.75 Å². The number of hydrogen-bond acceptors (Lipinski definition) is 2. The maximum atomic E-state index is 12.7. The molecule has 1 aromatic rings. The first-order valence-corrected chi connectivity index (χ1v) is 5.06. The Kier molecular flexibility index (Phi) is 3.80. The number of benzene rings is 1. The van der Waals surface area contributed by atoms with Crippen molar-refractivity contribution in [2.45, 2.75) is 20.0 Å². The van der Waals surface area contributed by atoms with Crippen molar-refractivity contribution in [3.8, 4) is 5.75 Å². The molecule has 0 aliphatic rings. The Morgan fingerprint density at radius 2 is 1.88 bits per heavy atom. The second-order valence-corrected chi connectivity index (χ2v) is 3.93. The van der Waals surface area contributed by atoms with E-state index >= 15 is 0 Å². The lowest BCUT2D eigenvalue weighted by atomic mass is 9.99. The molecule has 1 rings (SSSR count). The SMILES string of the molecule is COc1ccc(C(=O)C(C)C)cc1C(F)(F)F. The molecule has 0 heterocycles. The molecule has 5 heteroatoms. The first kappa shape index (κ1) is 13.5. The Bertz CT molecular complexity index is 422. The maximum absolute atomic E-state index is 12.7. The number of hydrogen-bond donors (Lipinski definition) is 0. The molecule has 2 nitrogen and oxygen atoms in total. The van der Waals surface area contributed by atoms with Crippen molar-refractivity contribution in [2.75, 3.05) is 7.11 Å². The Labute approximate surface area is 97.4 Å². The standard InChI is InChI=1S/C12H13F3O2/c1-7(2)11(16)8-4-5-10(17-3)9(6-8)12(13,14)15/h4-7H,1-3H3. The molecule has 0 unspecified atom stereocenters. The van der Waals surface area contributed by atoms with Crippen LogP contribution >= 0.6 is 0 Å². The van der Waals surface area contributed by atoms with Crippen LogP contribution in [0.4, 0.5) is 13.2 Å². The molecule has 0 saturated carbocycles. The highest BCUT2D eigenvalue weighted by atomic mass is 19.4. The smallest absolute Gasteiger partial charge is 0.419 e. The molecule has 0 atom stereocenters. The van der Waals surface area contributed by atoms with E-state index in [2.05, 4.69) is 4.74 Å². The number of halogens is 3. The molecule has 0 bridgehead atoms. The van der Waals surface area contributed by atoms with Crippen molar-refractivity contribution >= 4 is 5.78 Å². The fourth-order valence-corrected chi connectivity index (χ4v) is 1.42. The molecule has 0 fully saturated rings. The minimum atomic E-state index is -4.53. The predicted octanol–water partition coefficient (Wildman–Crippen LogP) is 3.55. The van der Waals surface area contributed by atoms with Gasteiger partial charge in [0, 0.05) is 11.5 Å². The quantitative estimate of drug-likeness (QED) is 0.762. The van der Waals surface area contributed by atoms with E-state index in [4.69, 9.17) is 0 Å². The fourth-order valence-electron chi connectivity index (χ4n) is 1.42. The van der Waals surface area contributed by atoms with Gasteiger partial charge in [-0.15, -0.1) is 0 Å². The monoisotopic (exact) mass is 246 g/mol. The molecular weight excluding hydrogens is 233 g/mol. The molecule has 17 heavy (non-hydrogen) atoms. The summed E-state index contributed by atoms with van der Waals surface area (Å²) in [6.07, 6.45) is -4.53. The molecule has 0 saturated heterocycles. The van der Waals surface area contributed by atoms with Gasteiger partial charge in [0.05, 0.1) is 12.7 Å². The molecule has 0 aliphatic heterocycles. The normalized spacial score (nSPS) is 11.7. The van der Waals surface area contributed by atoms with Crippen molar-refractivity contribution in [3.63, 3.8) is 0 Å². The molecule has 1 aromatic carbocycles. The lowest BCUT2D eigenvalue weighted by molar-refractivity contribution is -0.138. The van der Waals surface area contributed by atoms with E-state index < -0.39 is 11.7 Å². The fraction of sp³-hybridized carbons (Fsp3) is 0.417. The average molecular weight is 246 g/mol. The van der Waals surface area contributed by atoms with Crippen molar-refractivity contribution in [2.24, 2.45) is 5.92 Å². The van der Waals surface area contributed by atoms with E-state index in [1.165, 1.54) is 12.1 Å². The van der Waals surface area contributed by atoms with E-state index in [-0.39, 0.29) is 23.0 Å². The highest BCUT2D eigenvalue weighted by Gasteiger charge is 2.35. The number of rotatable bonds is 3. The summed E-state index contributed by atoms with van der Waals surface area (Å²) in [6, 6.07) is 3.34. The average Bonchev–Trinajstić information content (AvgIpc) is 2.25. The maximum Gasteiger partial charge on any atom is 0.419 e. The van der Waals surface area contributed by atoms with Crippen LogP contribution < -0.4 is 4.74 Å². The molecule has 0 spiro atoms. The molecule has 0 N–H and O–H groups in total. The van der Waals surface area contributed by atoms with Crippen LogP contribution in [0.1, 0.15) is 29.8 Å². The Balaban J connectivity index is 3.28. The minimum absolute atomic E-state index is 0.0492. The van der Waals surface area contributed by atoms with Crippen LogP contribution in [0.5, 0.6) is 5.75 Å². The molecule has 0 amide bonds. The minimum Gasteiger partial charge on any atom is -0.496 e. The first-order valence-electron chi connectivity index (χ1n) is 5.06. The number of Topliss-reactive ketones (excluding diaryl/α,β-unsaturated/α-hetero) is 1. The lowest BCUT2D eigenvalue weighted by Crippen LogP contribution is -2.12. The van der Waals surface area contributed by atoms with Crippen molar-refractivity contribution in [1.29, 1.82) is 0 Å². The van der Waals surface area contributed by atoms with Crippen LogP contribution in [0.3, 0.4) is 0 Å². The summed E-state index contributed by atoms with van der Waals surface area (Å²) in [6.45, 7) is 3.28. The Hall–Kier alpha value is -1.52. The van der Waals surface area contributed by atoms with Gasteiger partial charge in [0.25, 0.3) is 0 Å². The van der Waals surface area contributed by atoms with Crippen molar-refractivity contribution in [3.05, 3.63) is 29.3 Å². The van der Waals surface area contributed by atoms with Crippen molar-refractivity contribution in [1.82, 2.24) is 0 Å². The van der Waals surface area contributed by atoms with Crippen LogP contribution in [0.25, 0.3) is 0 Å². The van der Waals surface area contributed by atoms with Gasteiger partial charge in [-0.3, -0.25) is 4.79 Å². The van der Waals surface area contributed by atoms with Gasteiger partial charge in [-0.2, -0.15) is 13.2 Å². The predicted molar refractivity (Wildman–Crippen MR) is 57.2 cm³/mol. The van der Waals surface area contributed by atoms with E-state index in [1.807, 2.05) is 0 Å². The van der Waals surface area contributed by atoms with E-state index in [9.17, 15) is 18.0 Å². The van der Waals surface area contributed by atoms with E-state index in [1.54, 1.807) is 13.8 Å². The number of methoxy groups -OCH3 is 1. The Morgan fingerprint density at radius 1 is 1.29 bits per heavy atom. The molecular formula is C12H13F3O2. The topological polar surface area (TPSA) is 26.3 Å². The highest BCUT2D eigenvalue weighted by Crippen LogP contribution is 2.36. The summed E-state index contributed by atoms with van der Waals surface area (Å²) in [5.41, 5.74) is -0.875. The second kappa shape index (κ2) is 4.77. The van der Waals surface area contributed by atoms with E-state index in [0.29, 0.717) is 0 Å². The molecule has 0 aromatic heterocycles. The summed E-state index contributed by atoms with van der Waals surface area (Å²) in [7, 11) is 1.16. The summed E-state index contributed by atoms with van der Waals surface area (Å²) in [4.78, 5) is 11.6. The summed E-state index contributed by atoms with van der Waals surface area (Å²) >= 11 is 0. The lowest BCUT2D eigenvalue weighted by Gasteiger charge is -2.13. The number of ether oxygens (including phenoxy) is 1. The van der Waals surface area contributed by atoms with Crippen molar-refractivity contribution < 1.29 is 22.7 Å². The van der Waals surface area contributed by atoms with Crippen LogP contribution in [0.15, 0.2) is 18.2 Å². The van der Waals surface area contributed by atoms with Gasteiger partial charge >= 0.3 is 6.18 Å². The van der Waals surface area contributed by atoms with Gasteiger partial charge in [0.2, 0.25) is 0 Å². The highest BCUT2D eigenvalue weighted by molar-refractivity contribution is 5.97. The van der Waals surface area contributed by atoms with Crippen LogP contribution in [-0.2, 0) is 6.18 Å². The zero-order valence-electron chi connectivity index (χ0n) is 9.76. The van der Waals surface area contributed by atoms with Crippen LogP contribution in [-0.4, -0.2) is 12.9 Å². The van der Waals surface area contributed by atoms with Crippen LogP contribution in [0, 0.1) is 5.92 Å². The third-order valence-electron chi connectivity index (χ3n) is 2.31. The van der Waals surface area contributed by atoms with E-state index in [0.717, 1.165) is 13.2 Å². The summed E-state index contributed by atoms with van der Waals surface area (Å²) < 4.78 is 42.7. The van der Waals surface area contributed by atoms with Gasteiger partial charge < -0.3 is 4.74 Å². The Morgan fingerprint density at radius 3 is 2.29 bits per heavy atom. The van der Waals surface area contributed by atoms with Gasteiger partial charge in [-0.1, -0.05) is 13.8 Å². The number of ketones is 1. The number of alkyl halides is 3. The van der Waals surface area contributed by atoms with Crippen LogP contribution in [0.2, 0.25) is 0 Å². The van der Waals surface area contributed by atoms with Gasteiger partial charge in [-0.05, 0) is 18.2 Å². The largest absolute Gasteiger partial charge is 0.496 e. The van der Waals surface area contributed by atoms with Gasteiger partial charge in [0.15, 0.2) is 5.78 Å².